The average Bonchev–Trinajstić information content (AvgIpc) is 2.85. The second-order valence-electron chi connectivity index (χ2n) is 7.27. The third-order valence-corrected chi connectivity index (χ3v) is 7.74. The van der Waals surface area contributed by atoms with Crippen molar-refractivity contribution < 1.29 is 23.7 Å². The van der Waals surface area contributed by atoms with Crippen LogP contribution in [0.1, 0.15) is 5.56 Å². The van der Waals surface area contributed by atoms with Crippen molar-refractivity contribution in [3.63, 3.8) is 0 Å². The van der Waals surface area contributed by atoms with Gasteiger partial charge in [-0.3, -0.25) is 9.69 Å². The van der Waals surface area contributed by atoms with Crippen LogP contribution in [0.4, 0.5) is 0 Å². The van der Waals surface area contributed by atoms with Gasteiger partial charge in [0.25, 0.3) is 0 Å². The maximum absolute atomic E-state index is 13.1. The molecule has 0 radical (unpaired) electrons. The molecule has 4 rings (SSSR count). The number of ether oxygens (including phenoxy) is 2. The number of pyridine rings is 1. The molecular formula is C22H25N4O4S2+. The second-order valence-corrected chi connectivity index (χ2v) is 9.42. The summed E-state index contributed by atoms with van der Waals surface area (Å²) in [6.07, 6.45) is 3.84. The number of methoxy groups -OCH3 is 1. The minimum Gasteiger partial charge on any atom is -0.497 e. The Morgan fingerprint density at radius 3 is 2.66 bits per heavy atom. The van der Waals surface area contributed by atoms with Gasteiger partial charge in [-0.05, 0) is 23.3 Å². The van der Waals surface area contributed by atoms with Crippen LogP contribution in [-0.4, -0.2) is 53.9 Å². The van der Waals surface area contributed by atoms with E-state index in [0.717, 1.165) is 21.8 Å². The van der Waals surface area contributed by atoms with Gasteiger partial charge in [0, 0.05) is 28.5 Å². The van der Waals surface area contributed by atoms with Crippen LogP contribution < -0.4 is 20.6 Å². The third-order valence-electron chi connectivity index (χ3n) is 5.28. The predicted molar refractivity (Wildman–Crippen MR) is 124 cm³/mol. The number of hydrogen-bond acceptors (Lipinski definition) is 8. The molecule has 0 bridgehead atoms. The first kappa shape index (κ1) is 22.5. The highest BCUT2D eigenvalue weighted by Crippen LogP contribution is 2.41. The van der Waals surface area contributed by atoms with E-state index in [1.807, 2.05) is 60.5 Å². The van der Waals surface area contributed by atoms with Gasteiger partial charge in [0.1, 0.15) is 29.5 Å². The summed E-state index contributed by atoms with van der Waals surface area (Å²) in [5.41, 5.74) is 11.0. The number of hydrogen-bond donors (Lipinski definition) is 2. The minimum absolute atomic E-state index is 0.112. The minimum atomic E-state index is -0.579. The first-order chi connectivity index (χ1) is 15.5. The molecule has 0 saturated carbocycles. The fraction of sp³-hybridized carbons (Fsp3) is 0.318. The lowest BCUT2D eigenvalue weighted by Gasteiger charge is -2.48. The van der Waals surface area contributed by atoms with Gasteiger partial charge >= 0.3 is 5.97 Å². The topological polar surface area (TPSA) is 97.8 Å². The van der Waals surface area contributed by atoms with Crippen LogP contribution in [0.3, 0.4) is 0 Å². The Kier molecular flexibility index (Phi) is 6.92. The van der Waals surface area contributed by atoms with Crippen LogP contribution in [0.2, 0.25) is 0 Å². The van der Waals surface area contributed by atoms with E-state index in [1.165, 1.54) is 4.90 Å². The van der Waals surface area contributed by atoms with Crippen molar-refractivity contribution >= 4 is 35.4 Å². The average molecular weight is 474 g/mol. The van der Waals surface area contributed by atoms with Crippen molar-refractivity contribution in [3.8, 4) is 5.75 Å². The van der Waals surface area contributed by atoms with Gasteiger partial charge in [-0.25, -0.2) is 4.79 Å². The Labute approximate surface area is 195 Å². The molecule has 10 heteroatoms. The number of esters is 1. The molecule has 3 heterocycles. The number of aromatic nitrogens is 1. The molecule has 2 aliphatic rings. The van der Waals surface area contributed by atoms with Gasteiger partial charge < -0.3 is 15.2 Å². The van der Waals surface area contributed by atoms with Crippen molar-refractivity contribution in [3.05, 3.63) is 65.6 Å². The third kappa shape index (κ3) is 4.57. The molecule has 2 atom stereocenters. The number of benzene rings is 1. The molecule has 3 N–H and O–H groups in total. The van der Waals surface area contributed by atoms with Crippen molar-refractivity contribution in [1.29, 1.82) is 0 Å². The molecule has 0 aliphatic carbocycles. The summed E-state index contributed by atoms with van der Waals surface area (Å²) in [7, 11) is 3.44. The fourth-order valence-corrected chi connectivity index (χ4v) is 5.76. The number of nitrogens with two attached hydrogens (primary N) is 1. The molecular weight excluding hydrogens is 448 g/mol. The van der Waals surface area contributed by atoms with Gasteiger partial charge in [-0.15, -0.1) is 23.5 Å². The molecule has 168 valence electrons. The van der Waals surface area contributed by atoms with E-state index in [-0.39, 0.29) is 17.9 Å². The first-order valence-corrected chi connectivity index (χ1v) is 12.1. The van der Waals surface area contributed by atoms with E-state index in [9.17, 15) is 9.59 Å². The number of nitrogens with one attached hydrogen (secondary N) is 1. The van der Waals surface area contributed by atoms with Crippen molar-refractivity contribution in [2.75, 3.05) is 31.1 Å². The Morgan fingerprint density at radius 1 is 1.28 bits per heavy atom. The summed E-state index contributed by atoms with van der Waals surface area (Å²) in [5.74, 6) is 1.20. The molecule has 0 spiro atoms. The number of nitrogens with zero attached hydrogens (tertiary/aromatic N) is 2. The quantitative estimate of drug-likeness (QED) is 0.258. The number of rotatable bonds is 8. The summed E-state index contributed by atoms with van der Waals surface area (Å²) in [6, 6.07) is 10.7. The zero-order chi connectivity index (χ0) is 22.7. The Balaban J connectivity index is 1.50. The molecule has 2 aromatic rings. The summed E-state index contributed by atoms with van der Waals surface area (Å²) in [6.45, 7) is 0.112. The van der Waals surface area contributed by atoms with Crippen molar-refractivity contribution in [2.24, 2.45) is 5.73 Å². The van der Waals surface area contributed by atoms with Crippen LogP contribution in [-0.2, 0) is 20.9 Å². The van der Waals surface area contributed by atoms with Crippen LogP contribution >= 0.6 is 23.5 Å². The SMILES string of the molecule is CN[n+]1ccc(SCC2=C(C(=O)OCc3ccc(OC)cc3)N3C(=O)[C@@H](N)[C@H]3SC2)cc1. The lowest BCUT2D eigenvalue weighted by Crippen LogP contribution is -2.68. The van der Waals surface area contributed by atoms with Crippen LogP contribution in [0, 0.1) is 0 Å². The fourth-order valence-electron chi connectivity index (χ4n) is 3.45. The van der Waals surface area contributed by atoms with Gasteiger partial charge in [0.2, 0.25) is 18.3 Å². The van der Waals surface area contributed by atoms with Crippen LogP contribution in [0.15, 0.2) is 65.0 Å². The molecule has 8 nitrogen and oxygen atoms in total. The molecule has 1 saturated heterocycles. The molecule has 1 aromatic carbocycles. The number of fused-ring (bicyclic) bond motifs is 1. The second kappa shape index (κ2) is 9.85. The van der Waals surface area contributed by atoms with Crippen molar-refractivity contribution in [1.82, 2.24) is 4.90 Å². The normalized spacial score (nSPS) is 19.8. The zero-order valence-corrected chi connectivity index (χ0v) is 19.4. The maximum atomic E-state index is 13.1. The van der Waals surface area contributed by atoms with E-state index in [2.05, 4.69) is 5.43 Å². The summed E-state index contributed by atoms with van der Waals surface area (Å²) >= 11 is 3.20. The molecule has 0 unspecified atom stereocenters. The largest absolute Gasteiger partial charge is 0.497 e. The highest BCUT2D eigenvalue weighted by atomic mass is 32.2. The number of β-lactam (4-membered cyclic amide) rings is 1. The van der Waals surface area contributed by atoms with E-state index in [1.54, 1.807) is 30.6 Å². The number of amides is 1. The standard InChI is InChI=1S/C22H25N4O4S2/c1-24-25-9-7-17(8-10-25)31-12-15-13-32-21-18(23)20(27)26(21)19(15)22(28)30-11-14-3-5-16(29-2)6-4-14/h3-10,18,21,24H,11-13,23H2,1-2H3/q+1/t18-,21-/m1/s1. The summed E-state index contributed by atoms with van der Waals surface area (Å²) < 4.78 is 12.6. The van der Waals surface area contributed by atoms with Crippen LogP contribution in [0.25, 0.3) is 0 Å². The highest BCUT2D eigenvalue weighted by molar-refractivity contribution is 8.01. The number of thioether (sulfide) groups is 2. The predicted octanol–water partition coefficient (Wildman–Crippen LogP) is 1.49. The van der Waals surface area contributed by atoms with E-state index in [4.69, 9.17) is 15.2 Å². The smallest absolute Gasteiger partial charge is 0.355 e. The monoisotopic (exact) mass is 473 g/mol. The lowest BCUT2D eigenvalue weighted by atomic mass is 10.0. The highest BCUT2D eigenvalue weighted by Gasteiger charge is 2.52. The van der Waals surface area contributed by atoms with Crippen LogP contribution in [0.5, 0.6) is 5.75 Å². The van der Waals surface area contributed by atoms with E-state index >= 15 is 0 Å². The summed E-state index contributed by atoms with van der Waals surface area (Å²) in [4.78, 5) is 28.1. The Bertz CT molecular complexity index is 1030. The van der Waals surface area contributed by atoms with Gasteiger partial charge in [-0.1, -0.05) is 16.8 Å². The maximum Gasteiger partial charge on any atom is 0.355 e. The molecule has 1 fully saturated rings. The zero-order valence-electron chi connectivity index (χ0n) is 17.8. The van der Waals surface area contributed by atoms with Gasteiger partial charge in [-0.2, -0.15) is 5.43 Å². The number of carbonyl (C=O) groups is 2. The van der Waals surface area contributed by atoms with Gasteiger partial charge in [0.15, 0.2) is 0 Å². The molecule has 2 aliphatic heterocycles. The number of carbonyl (C=O) groups excluding carboxylic acids is 2. The van der Waals surface area contributed by atoms with Gasteiger partial charge in [0.05, 0.1) is 14.2 Å². The molecule has 32 heavy (non-hydrogen) atoms. The summed E-state index contributed by atoms with van der Waals surface area (Å²) in [5, 5.41) is -0.217. The van der Waals surface area contributed by atoms with E-state index in [0.29, 0.717) is 17.2 Å². The lowest BCUT2D eigenvalue weighted by molar-refractivity contribution is -0.647. The Hall–Kier alpha value is -2.69. The molecule has 1 aromatic heterocycles. The van der Waals surface area contributed by atoms with E-state index < -0.39 is 12.0 Å². The first-order valence-electron chi connectivity index (χ1n) is 10.1. The molecule has 1 amide bonds. The van der Waals surface area contributed by atoms with Crippen molar-refractivity contribution in [2.45, 2.75) is 22.9 Å². The Morgan fingerprint density at radius 2 is 2.00 bits per heavy atom.